The third-order valence-electron chi connectivity index (χ3n) is 2.55. The molecule has 0 heterocycles. The summed E-state index contributed by atoms with van der Waals surface area (Å²) in [5, 5.41) is 1.18. The fraction of sp³-hybridized carbons (Fsp3) is 0.0714. The van der Waals surface area contributed by atoms with Crippen LogP contribution in [0.15, 0.2) is 47.4 Å². The molecule has 0 aliphatic heterocycles. The summed E-state index contributed by atoms with van der Waals surface area (Å²) in [6, 6.07) is 11.2. The van der Waals surface area contributed by atoms with Gasteiger partial charge in [0.05, 0.1) is 21.6 Å². The highest BCUT2D eigenvalue weighted by atomic mass is 35.5. The number of benzene rings is 2. The fourth-order valence-electron chi connectivity index (χ4n) is 1.60. The first-order valence-corrected chi connectivity index (χ1v) is 8.05. The number of hydrogen-bond acceptors (Lipinski definition) is 2. The van der Waals surface area contributed by atoms with Gasteiger partial charge in [-0.15, -0.1) is 0 Å². The number of ketones is 1. The topological polar surface area (TPSA) is 34.1 Å². The Labute approximate surface area is 134 Å². The second-order valence-corrected chi connectivity index (χ2v) is 6.73. The van der Waals surface area contributed by atoms with Crippen molar-refractivity contribution in [1.29, 1.82) is 0 Å². The Morgan fingerprint density at radius 1 is 1.00 bits per heavy atom. The molecule has 0 aliphatic rings. The summed E-state index contributed by atoms with van der Waals surface area (Å²) in [4.78, 5) is 12.6. The Kier molecular flexibility index (Phi) is 5.22. The van der Waals surface area contributed by atoms with E-state index in [1.807, 2.05) is 0 Å². The monoisotopic (exact) mass is 346 g/mol. The lowest BCUT2D eigenvalue weighted by Gasteiger charge is -2.05. The van der Waals surface area contributed by atoms with Crippen LogP contribution in [-0.4, -0.2) is 15.7 Å². The first kappa shape index (κ1) is 15.5. The highest BCUT2D eigenvalue weighted by Gasteiger charge is 2.15. The zero-order valence-electron chi connectivity index (χ0n) is 10.1. The van der Waals surface area contributed by atoms with E-state index in [0.717, 1.165) is 0 Å². The van der Waals surface area contributed by atoms with Crippen LogP contribution >= 0.6 is 34.8 Å². The minimum Gasteiger partial charge on any atom is -0.293 e. The number of rotatable bonds is 4. The van der Waals surface area contributed by atoms with Gasteiger partial charge in [0, 0.05) is 20.5 Å². The van der Waals surface area contributed by atoms with Gasteiger partial charge in [-0.25, -0.2) is 0 Å². The summed E-state index contributed by atoms with van der Waals surface area (Å²) in [6.45, 7) is 0. The molecule has 0 saturated carbocycles. The van der Waals surface area contributed by atoms with Crippen LogP contribution in [-0.2, 0) is 10.8 Å². The van der Waals surface area contributed by atoms with E-state index in [2.05, 4.69) is 0 Å². The Morgan fingerprint density at radius 3 is 2.35 bits per heavy atom. The third kappa shape index (κ3) is 3.83. The van der Waals surface area contributed by atoms with Gasteiger partial charge in [0.1, 0.15) is 0 Å². The van der Waals surface area contributed by atoms with E-state index in [9.17, 15) is 9.00 Å². The maximum atomic E-state index is 12.1. The minimum atomic E-state index is -1.46. The van der Waals surface area contributed by atoms with E-state index in [1.165, 1.54) is 12.1 Å². The van der Waals surface area contributed by atoms with Crippen molar-refractivity contribution in [2.45, 2.75) is 4.90 Å². The third-order valence-corrected chi connectivity index (χ3v) is 4.64. The number of Topliss-reactive ketones (excluding diaryl/α,β-unsaturated/α-hetero) is 1. The Balaban J connectivity index is 2.17. The van der Waals surface area contributed by atoms with Gasteiger partial charge in [-0.05, 0) is 36.4 Å². The number of hydrogen-bond donors (Lipinski definition) is 0. The van der Waals surface area contributed by atoms with Gasteiger partial charge in [-0.1, -0.05) is 40.9 Å². The molecule has 20 heavy (non-hydrogen) atoms. The second kappa shape index (κ2) is 6.72. The van der Waals surface area contributed by atoms with Crippen LogP contribution in [0.3, 0.4) is 0 Å². The van der Waals surface area contributed by atoms with E-state index in [0.29, 0.717) is 20.5 Å². The maximum Gasteiger partial charge on any atom is 0.177 e. The van der Waals surface area contributed by atoms with Crippen LogP contribution < -0.4 is 0 Å². The lowest BCUT2D eigenvalue weighted by molar-refractivity contribution is 0.102. The quantitative estimate of drug-likeness (QED) is 0.755. The highest BCUT2D eigenvalue weighted by Crippen LogP contribution is 2.22. The van der Waals surface area contributed by atoms with E-state index < -0.39 is 10.8 Å². The SMILES string of the molecule is O=C(CS(=O)c1cccc(Cl)c1)c1ccc(Cl)cc1Cl. The van der Waals surface area contributed by atoms with Crippen molar-refractivity contribution in [2.24, 2.45) is 0 Å². The van der Waals surface area contributed by atoms with Gasteiger partial charge in [0.25, 0.3) is 0 Å². The first-order valence-electron chi connectivity index (χ1n) is 5.59. The smallest absolute Gasteiger partial charge is 0.177 e. The molecule has 0 radical (unpaired) electrons. The van der Waals surface area contributed by atoms with Crippen molar-refractivity contribution >= 4 is 51.4 Å². The van der Waals surface area contributed by atoms with Crippen LogP contribution in [0.2, 0.25) is 15.1 Å². The average molecular weight is 348 g/mol. The molecule has 2 nitrogen and oxygen atoms in total. The molecule has 0 bridgehead atoms. The van der Waals surface area contributed by atoms with Crippen LogP contribution in [0.5, 0.6) is 0 Å². The van der Waals surface area contributed by atoms with Crippen molar-refractivity contribution in [3.8, 4) is 0 Å². The van der Waals surface area contributed by atoms with Gasteiger partial charge < -0.3 is 0 Å². The summed E-state index contributed by atoms with van der Waals surface area (Å²) in [7, 11) is -1.46. The van der Waals surface area contributed by atoms with Crippen molar-refractivity contribution in [2.75, 3.05) is 5.75 Å². The highest BCUT2D eigenvalue weighted by molar-refractivity contribution is 7.85. The Hall–Kier alpha value is -0.870. The van der Waals surface area contributed by atoms with Gasteiger partial charge in [-0.3, -0.25) is 9.00 Å². The first-order chi connectivity index (χ1) is 9.47. The summed E-state index contributed by atoms with van der Waals surface area (Å²) >= 11 is 17.6. The average Bonchev–Trinajstić information content (AvgIpc) is 2.38. The molecule has 0 aliphatic carbocycles. The van der Waals surface area contributed by atoms with Crippen LogP contribution in [0.1, 0.15) is 10.4 Å². The number of carbonyl (C=O) groups excluding carboxylic acids is 1. The molecular formula is C14H9Cl3O2S. The summed E-state index contributed by atoms with van der Waals surface area (Å²) < 4.78 is 12.1. The van der Waals surface area contributed by atoms with Crippen LogP contribution in [0, 0.1) is 0 Å². The van der Waals surface area contributed by atoms with E-state index in [-0.39, 0.29) is 16.6 Å². The molecule has 1 unspecified atom stereocenters. The zero-order valence-corrected chi connectivity index (χ0v) is 13.2. The van der Waals surface area contributed by atoms with Crippen molar-refractivity contribution in [3.63, 3.8) is 0 Å². The molecule has 0 amide bonds. The summed E-state index contributed by atoms with van der Waals surface area (Å²) in [5.74, 6) is -0.452. The summed E-state index contributed by atoms with van der Waals surface area (Å²) in [6.07, 6.45) is 0. The van der Waals surface area contributed by atoms with Crippen LogP contribution in [0.4, 0.5) is 0 Å². The molecule has 0 N–H and O–H groups in total. The molecule has 2 aromatic rings. The standard InChI is InChI=1S/C14H9Cl3O2S/c15-9-2-1-3-11(6-9)20(19)8-14(18)12-5-4-10(16)7-13(12)17/h1-7H,8H2. The predicted molar refractivity (Wildman–Crippen MR) is 83.5 cm³/mol. The van der Waals surface area contributed by atoms with Gasteiger partial charge >= 0.3 is 0 Å². The van der Waals surface area contributed by atoms with E-state index in [4.69, 9.17) is 34.8 Å². The number of halogens is 3. The lowest BCUT2D eigenvalue weighted by atomic mass is 10.1. The van der Waals surface area contributed by atoms with Crippen molar-refractivity contribution in [3.05, 3.63) is 63.1 Å². The Bertz CT molecular complexity index is 686. The molecule has 104 valence electrons. The van der Waals surface area contributed by atoms with E-state index >= 15 is 0 Å². The molecule has 2 rings (SSSR count). The Morgan fingerprint density at radius 2 is 1.70 bits per heavy atom. The van der Waals surface area contributed by atoms with Gasteiger partial charge in [0.15, 0.2) is 5.78 Å². The summed E-state index contributed by atoms with van der Waals surface area (Å²) in [5.41, 5.74) is 0.312. The van der Waals surface area contributed by atoms with Crippen LogP contribution in [0.25, 0.3) is 0 Å². The normalized spacial score (nSPS) is 12.2. The zero-order chi connectivity index (χ0) is 14.7. The lowest BCUT2D eigenvalue weighted by Crippen LogP contribution is -2.11. The molecule has 6 heteroatoms. The fourth-order valence-corrected chi connectivity index (χ4v) is 3.42. The second-order valence-electron chi connectivity index (χ2n) is 3.99. The molecule has 1 atom stereocenters. The maximum absolute atomic E-state index is 12.1. The van der Waals surface area contributed by atoms with Gasteiger partial charge in [0.2, 0.25) is 0 Å². The predicted octanol–water partition coefficient (Wildman–Crippen LogP) is 4.64. The molecule has 0 aromatic heterocycles. The molecule has 2 aromatic carbocycles. The van der Waals surface area contributed by atoms with E-state index in [1.54, 1.807) is 30.3 Å². The minimum absolute atomic E-state index is 0.151. The van der Waals surface area contributed by atoms with Gasteiger partial charge in [-0.2, -0.15) is 0 Å². The largest absolute Gasteiger partial charge is 0.293 e. The molecule has 0 saturated heterocycles. The number of carbonyl (C=O) groups is 1. The molecule has 0 spiro atoms. The van der Waals surface area contributed by atoms with Crippen molar-refractivity contribution < 1.29 is 9.00 Å². The molecule has 0 fully saturated rings. The van der Waals surface area contributed by atoms with Crippen molar-refractivity contribution in [1.82, 2.24) is 0 Å². The molecular weight excluding hydrogens is 339 g/mol.